The Morgan fingerprint density at radius 3 is 2.46 bits per heavy atom. The van der Waals surface area contributed by atoms with Crippen LogP contribution >= 0.6 is 0 Å². The van der Waals surface area contributed by atoms with Gasteiger partial charge in [-0.25, -0.2) is 4.79 Å². The quantitative estimate of drug-likeness (QED) is 0.817. The van der Waals surface area contributed by atoms with Gasteiger partial charge in [0.2, 0.25) is 0 Å². The Bertz CT molecular complexity index is 816. The Kier molecular flexibility index (Phi) is 5.89. The molecule has 2 amide bonds. The predicted molar refractivity (Wildman–Crippen MR) is 98.4 cm³/mol. The molecule has 0 aromatic heterocycles. The Morgan fingerprint density at radius 2 is 1.77 bits per heavy atom. The van der Waals surface area contributed by atoms with Gasteiger partial charge in [0.25, 0.3) is 5.91 Å². The molecule has 0 aliphatic heterocycles. The first-order chi connectivity index (χ1) is 12.7. The molecular weight excluding hydrogens is 328 g/mol. The molecule has 2 aromatic carbocycles. The summed E-state index contributed by atoms with van der Waals surface area (Å²) < 4.78 is 5.10. The molecule has 1 aliphatic rings. The van der Waals surface area contributed by atoms with E-state index in [0.717, 1.165) is 24.0 Å². The van der Waals surface area contributed by atoms with E-state index in [-0.39, 0.29) is 19.1 Å². The number of carbonyl (C=O) groups excluding carboxylic acids is 2. The second kappa shape index (κ2) is 8.72. The molecule has 5 nitrogen and oxygen atoms in total. The molecular formula is C21H20N2O3. The summed E-state index contributed by atoms with van der Waals surface area (Å²) in [4.78, 5) is 23.5. The van der Waals surface area contributed by atoms with Crippen LogP contribution in [0, 0.1) is 11.8 Å². The average Bonchev–Trinajstić information content (AvgIpc) is 3.49. The number of rotatable bonds is 5. The second-order valence-electron chi connectivity index (χ2n) is 6.04. The number of benzene rings is 2. The number of nitrogens with one attached hydrogen (secondary N) is 2. The molecule has 0 bridgehead atoms. The number of carbonyl (C=O) groups is 2. The monoisotopic (exact) mass is 348 g/mol. The highest BCUT2D eigenvalue weighted by molar-refractivity contribution is 5.94. The van der Waals surface area contributed by atoms with Gasteiger partial charge in [0.15, 0.2) is 0 Å². The van der Waals surface area contributed by atoms with Crippen molar-refractivity contribution in [2.24, 2.45) is 0 Å². The van der Waals surface area contributed by atoms with Crippen molar-refractivity contribution in [3.05, 3.63) is 71.3 Å². The third-order valence-corrected chi connectivity index (χ3v) is 3.83. The normalized spacial score (nSPS) is 12.5. The van der Waals surface area contributed by atoms with Gasteiger partial charge in [-0.05, 0) is 42.7 Å². The minimum atomic E-state index is -0.504. The van der Waals surface area contributed by atoms with Crippen LogP contribution in [0.1, 0.15) is 34.3 Å². The number of alkyl carbamates (subject to hydrolysis) is 1. The van der Waals surface area contributed by atoms with Crippen LogP contribution in [0.5, 0.6) is 0 Å². The number of ether oxygens (including phenoxy) is 1. The largest absolute Gasteiger partial charge is 0.445 e. The van der Waals surface area contributed by atoms with E-state index < -0.39 is 6.09 Å². The summed E-state index contributed by atoms with van der Waals surface area (Å²) in [6, 6.07) is 16.9. The first kappa shape index (κ1) is 17.6. The van der Waals surface area contributed by atoms with Gasteiger partial charge in [0, 0.05) is 17.2 Å². The van der Waals surface area contributed by atoms with E-state index in [1.165, 1.54) is 0 Å². The Labute approximate surface area is 152 Å². The standard InChI is InChI=1S/C21H20N2O3/c24-20(23-19-12-13-19)18-10-8-16(9-11-18)7-4-14-22-21(25)26-15-17-5-2-1-3-6-17/h1-3,5-6,8-11,19H,12-15H2,(H,22,25)(H,23,24). The molecule has 26 heavy (non-hydrogen) atoms. The molecule has 3 rings (SSSR count). The number of hydrogen-bond acceptors (Lipinski definition) is 3. The van der Waals surface area contributed by atoms with Crippen molar-refractivity contribution in [1.29, 1.82) is 0 Å². The van der Waals surface area contributed by atoms with Crippen LogP contribution in [0.4, 0.5) is 4.79 Å². The van der Waals surface area contributed by atoms with Gasteiger partial charge in [0.05, 0.1) is 6.54 Å². The molecule has 0 radical (unpaired) electrons. The third kappa shape index (κ3) is 5.67. The highest BCUT2D eigenvalue weighted by atomic mass is 16.5. The van der Waals surface area contributed by atoms with E-state index in [2.05, 4.69) is 22.5 Å². The second-order valence-corrected chi connectivity index (χ2v) is 6.04. The molecule has 1 aliphatic carbocycles. The summed E-state index contributed by atoms with van der Waals surface area (Å²) in [5, 5.41) is 5.52. The topological polar surface area (TPSA) is 67.4 Å². The molecule has 5 heteroatoms. The van der Waals surface area contributed by atoms with Gasteiger partial charge in [-0.2, -0.15) is 0 Å². The fraction of sp³-hybridized carbons (Fsp3) is 0.238. The number of amides is 2. The minimum absolute atomic E-state index is 0.0464. The van der Waals surface area contributed by atoms with Gasteiger partial charge in [0.1, 0.15) is 6.61 Å². The maximum Gasteiger partial charge on any atom is 0.408 e. The van der Waals surface area contributed by atoms with Crippen molar-refractivity contribution in [3.8, 4) is 11.8 Å². The molecule has 0 atom stereocenters. The van der Waals surface area contributed by atoms with E-state index in [1.807, 2.05) is 30.3 Å². The summed E-state index contributed by atoms with van der Waals surface area (Å²) in [6.07, 6.45) is 1.63. The van der Waals surface area contributed by atoms with Crippen molar-refractivity contribution in [3.63, 3.8) is 0 Å². The average molecular weight is 348 g/mol. The van der Waals surface area contributed by atoms with Crippen LogP contribution in [0.2, 0.25) is 0 Å². The van der Waals surface area contributed by atoms with Crippen LogP contribution in [0.3, 0.4) is 0 Å². The van der Waals surface area contributed by atoms with Crippen LogP contribution in [0.15, 0.2) is 54.6 Å². The summed E-state index contributed by atoms with van der Waals surface area (Å²) in [5.74, 6) is 5.75. The molecule has 0 unspecified atom stereocenters. The zero-order chi connectivity index (χ0) is 18.2. The summed E-state index contributed by atoms with van der Waals surface area (Å²) in [6.45, 7) is 0.419. The third-order valence-electron chi connectivity index (χ3n) is 3.83. The summed E-state index contributed by atoms with van der Waals surface area (Å²) in [7, 11) is 0. The lowest BCUT2D eigenvalue weighted by Crippen LogP contribution is -2.25. The molecule has 0 saturated heterocycles. The van der Waals surface area contributed by atoms with Crippen molar-refractivity contribution in [1.82, 2.24) is 10.6 Å². The van der Waals surface area contributed by atoms with Crippen LogP contribution in [-0.2, 0) is 11.3 Å². The van der Waals surface area contributed by atoms with Gasteiger partial charge >= 0.3 is 6.09 Å². The van der Waals surface area contributed by atoms with Crippen molar-refractivity contribution >= 4 is 12.0 Å². The lowest BCUT2D eigenvalue weighted by atomic mass is 10.1. The molecule has 1 saturated carbocycles. The Morgan fingerprint density at radius 1 is 1.04 bits per heavy atom. The maximum atomic E-state index is 11.9. The first-order valence-electron chi connectivity index (χ1n) is 8.55. The van der Waals surface area contributed by atoms with Gasteiger partial charge < -0.3 is 15.4 Å². The Hall–Kier alpha value is -3.26. The van der Waals surface area contributed by atoms with Crippen LogP contribution in [0.25, 0.3) is 0 Å². The molecule has 1 fully saturated rings. The van der Waals surface area contributed by atoms with E-state index in [9.17, 15) is 9.59 Å². The number of hydrogen-bond donors (Lipinski definition) is 2. The van der Waals surface area contributed by atoms with Gasteiger partial charge in [-0.3, -0.25) is 4.79 Å². The van der Waals surface area contributed by atoms with Gasteiger partial charge in [-0.15, -0.1) is 0 Å². The molecule has 0 spiro atoms. The van der Waals surface area contributed by atoms with Crippen LogP contribution in [-0.4, -0.2) is 24.6 Å². The van der Waals surface area contributed by atoms with Crippen molar-refractivity contribution < 1.29 is 14.3 Å². The summed E-state index contributed by atoms with van der Waals surface area (Å²) in [5.41, 5.74) is 2.34. The lowest BCUT2D eigenvalue weighted by Gasteiger charge is -2.04. The van der Waals surface area contributed by atoms with E-state index in [1.54, 1.807) is 24.3 Å². The minimum Gasteiger partial charge on any atom is -0.445 e. The van der Waals surface area contributed by atoms with E-state index in [0.29, 0.717) is 11.6 Å². The highest BCUT2D eigenvalue weighted by Gasteiger charge is 2.23. The smallest absolute Gasteiger partial charge is 0.408 e. The van der Waals surface area contributed by atoms with Crippen molar-refractivity contribution in [2.75, 3.05) is 6.54 Å². The molecule has 2 N–H and O–H groups in total. The summed E-state index contributed by atoms with van der Waals surface area (Å²) >= 11 is 0. The maximum absolute atomic E-state index is 11.9. The van der Waals surface area contributed by atoms with Gasteiger partial charge in [-0.1, -0.05) is 42.2 Å². The van der Waals surface area contributed by atoms with E-state index >= 15 is 0 Å². The van der Waals surface area contributed by atoms with E-state index in [4.69, 9.17) is 4.74 Å². The Balaban J connectivity index is 1.40. The predicted octanol–water partition coefficient (Wildman–Crippen LogP) is 2.86. The zero-order valence-corrected chi connectivity index (χ0v) is 14.3. The first-order valence-corrected chi connectivity index (χ1v) is 8.55. The SMILES string of the molecule is O=C(NCC#Cc1ccc(C(=O)NC2CC2)cc1)OCc1ccccc1. The highest BCUT2D eigenvalue weighted by Crippen LogP contribution is 2.19. The van der Waals surface area contributed by atoms with Crippen molar-refractivity contribution in [2.45, 2.75) is 25.5 Å². The lowest BCUT2D eigenvalue weighted by molar-refractivity contribution is 0.0951. The zero-order valence-electron chi connectivity index (χ0n) is 14.3. The molecule has 2 aromatic rings. The van der Waals surface area contributed by atoms with Crippen LogP contribution < -0.4 is 10.6 Å². The molecule has 132 valence electrons. The fourth-order valence-corrected chi connectivity index (χ4v) is 2.24. The fourth-order valence-electron chi connectivity index (χ4n) is 2.24. The molecule has 0 heterocycles.